The Balaban J connectivity index is 1.52. The predicted molar refractivity (Wildman–Crippen MR) is 118 cm³/mol. The molecule has 1 saturated carbocycles. The van der Waals surface area contributed by atoms with E-state index < -0.39 is 18.0 Å². The summed E-state index contributed by atoms with van der Waals surface area (Å²) in [5, 5.41) is 10.8. The molecule has 2 amide bonds. The Bertz CT molecular complexity index is 942. The fourth-order valence-electron chi connectivity index (χ4n) is 3.28. The molecule has 0 radical (unpaired) electrons. The molecule has 1 fully saturated rings. The van der Waals surface area contributed by atoms with Crippen LogP contribution in [0.15, 0.2) is 48.5 Å². The zero-order valence-electron chi connectivity index (χ0n) is 17.2. The van der Waals surface area contributed by atoms with Crippen LogP contribution in [0, 0.1) is 11.8 Å². The van der Waals surface area contributed by atoms with Crippen molar-refractivity contribution in [1.82, 2.24) is 16.2 Å². The van der Waals surface area contributed by atoms with E-state index in [4.69, 9.17) is 10.9 Å². The van der Waals surface area contributed by atoms with Gasteiger partial charge in [0.15, 0.2) is 6.17 Å². The molecule has 1 unspecified atom stereocenters. The van der Waals surface area contributed by atoms with Gasteiger partial charge in [-0.15, -0.1) is 0 Å². The van der Waals surface area contributed by atoms with Gasteiger partial charge in [-0.2, -0.15) is 0 Å². The molecule has 1 atom stereocenters. The lowest BCUT2D eigenvalue weighted by atomic mass is 9.96. The molecule has 2 aromatic rings. The number of rotatable bonds is 6. The van der Waals surface area contributed by atoms with Crippen molar-refractivity contribution in [3.8, 4) is 11.8 Å². The standard InChI is InChI=1S/C23H27N5O3/c24-21(23(30)28-31)25-22(29)18-12-8-16(9-13-18)6-7-17-10-14-20(15-11-17)27-26-19-4-2-1-3-5-19/h8-15,19,21,26-27,31H,1-5,24H2,(H,25,29)(H,28,30). The van der Waals surface area contributed by atoms with Gasteiger partial charge in [-0.05, 0) is 61.4 Å². The zero-order chi connectivity index (χ0) is 22.1. The number of hydrazine groups is 1. The smallest absolute Gasteiger partial charge is 0.280 e. The van der Waals surface area contributed by atoms with Crippen LogP contribution in [0.25, 0.3) is 0 Å². The van der Waals surface area contributed by atoms with E-state index in [1.54, 1.807) is 24.3 Å². The average Bonchev–Trinajstić information content (AvgIpc) is 2.82. The van der Waals surface area contributed by atoms with Crippen LogP contribution in [-0.4, -0.2) is 29.2 Å². The molecule has 0 aromatic heterocycles. The van der Waals surface area contributed by atoms with Gasteiger partial charge in [-0.25, -0.2) is 10.9 Å². The molecule has 3 rings (SSSR count). The summed E-state index contributed by atoms with van der Waals surface area (Å²) in [4.78, 5) is 23.2. The molecule has 2 aromatic carbocycles. The molecular formula is C23H27N5O3. The molecule has 162 valence electrons. The molecular weight excluding hydrogens is 394 g/mol. The lowest BCUT2D eigenvalue weighted by Crippen LogP contribution is -2.51. The highest BCUT2D eigenvalue weighted by Gasteiger charge is 2.16. The third kappa shape index (κ3) is 6.83. The van der Waals surface area contributed by atoms with Crippen molar-refractivity contribution in [3.63, 3.8) is 0 Å². The van der Waals surface area contributed by atoms with Crippen molar-refractivity contribution < 1.29 is 14.8 Å². The van der Waals surface area contributed by atoms with Gasteiger partial charge in [0.2, 0.25) is 0 Å². The Kier molecular flexibility index (Phi) is 8.01. The number of nitrogens with two attached hydrogens (primary N) is 1. The lowest BCUT2D eigenvalue weighted by Gasteiger charge is -2.23. The molecule has 8 heteroatoms. The molecule has 0 aliphatic heterocycles. The van der Waals surface area contributed by atoms with Crippen LogP contribution in [-0.2, 0) is 4.79 Å². The highest BCUT2D eigenvalue weighted by molar-refractivity contribution is 5.97. The number of hydroxylamine groups is 1. The highest BCUT2D eigenvalue weighted by Crippen LogP contribution is 2.17. The van der Waals surface area contributed by atoms with E-state index in [1.807, 2.05) is 24.3 Å². The first-order valence-electron chi connectivity index (χ1n) is 10.3. The normalized spacial score (nSPS) is 14.6. The zero-order valence-corrected chi connectivity index (χ0v) is 17.2. The molecule has 31 heavy (non-hydrogen) atoms. The Morgan fingerprint density at radius 2 is 1.52 bits per heavy atom. The van der Waals surface area contributed by atoms with Crippen molar-refractivity contribution in [2.75, 3.05) is 5.43 Å². The number of carbonyl (C=O) groups is 2. The second kappa shape index (κ2) is 11.1. The van der Waals surface area contributed by atoms with Gasteiger partial charge in [-0.3, -0.25) is 14.8 Å². The summed E-state index contributed by atoms with van der Waals surface area (Å²) in [7, 11) is 0. The number of amides is 2. The first-order chi connectivity index (χ1) is 15.0. The minimum Gasteiger partial charge on any atom is -0.328 e. The number of nitrogens with one attached hydrogen (secondary N) is 4. The van der Waals surface area contributed by atoms with Crippen molar-refractivity contribution in [3.05, 3.63) is 65.2 Å². The second-order valence-electron chi connectivity index (χ2n) is 7.44. The highest BCUT2D eigenvalue weighted by atomic mass is 16.5. The van der Waals surface area contributed by atoms with E-state index in [9.17, 15) is 9.59 Å². The van der Waals surface area contributed by atoms with Crippen LogP contribution in [0.3, 0.4) is 0 Å². The van der Waals surface area contributed by atoms with Gasteiger partial charge in [0.05, 0.1) is 0 Å². The summed E-state index contributed by atoms with van der Waals surface area (Å²) in [5.41, 5.74) is 16.4. The monoisotopic (exact) mass is 421 g/mol. The first kappa shape index (κ1) is 22.3. The van der Waals surface area contributed by atoms with E-state index in [1.165, 1.54) is 37.6 Å². The summed E-state index contributed by atoms with van der Waals surface area (Å²) >= 11 is 0. The van der Waals surface area contributed by atoms with Gasteiger partial charge < -0.3 is 16.5 Å². The Hall–Kier alpha value is -3.38. The Morgan fingerprint density at radius 3 is 2.10 bits per heavy atom. The van der Waals surface area contributed by atoms with Crippen LogP contribution >= 0.6 is 0 Å². The molecule has 1 aliphatic rings. The van der Waals surface area contributed by atoms with Gasteiger partial charge in [0.25, 0.3) is 11.8 Å². The van der Waals surface area contributed by atoms with Gasteiger partial charge in [0, 0.05) is 28.4 Å². The first-order valence-corrected chi connectivity index (χ1v) is 10.3. The topological polar surface area (TPSA) is 129 Å². The van der Waals surface area contributed by atoms with Gasteiger partial charge in [0.1, 0.15) is 0 Å². The van der Waals surface area contributed by atoms with Gasteiger partial charge >= 0.3 is 0 Å². The van der Waals surface area contributed by atoms with Crippen LogP contribution in [0.2, 0.25) is 0 Å². The lowest BCUT2D eigenvalue weighted by molar-refractivity contribution is -0.131. The fraction of sp³-hybridized carbons (Fsp3) is 0.304. The maximum atomic E-state index is 12.1. The van der Waals surface area contributed by atoms with Crippen molar-refractivity contribution in [2.24, 2.45) is 5.73 Å². The number of hydrogen-bond acceptors (Lipinski definition) is 6. The van der Waals surface area contributed by atoms with Crippen molar-refractivity contribution >= 4 is 17.5 Å². The SMILES string of the molecule is NC(NC(=O)c1ccc(C#Cc2ccc(NNC3CCCCC3)cc2)cc1)C(=O)NO. The number of benzene rings is 2. The van der Waals surface area contributed by atoms with E-state index in [-0.39, 0.29) is 0 Å². The molecule has 7 N–H and O–H groups in total. The number of carbonyl (C=O) groups excluding carboxylic acids is 2. The Labute approximate surface area is 181 Å². The van der Waals surface area contributed by atoms with Crippen LogP contribution in [0.1, 0.15) is 53.6 Å². The molecule has 1 aliphatic carbocycles. The van der Waals surface area contributed by atoms with Crippen molar-refractivity contribution in [2.45, 2.75) is 44.3 Å². The van der Waals surface area contributed by atoms with Crippen LogP contribution in [0.5, 0.6) is 0 Å². The summed E-state index contributed by atoms with van der Waals surface area (Å²) in [6.07, 6.45) is 4.98. The summed E-state index contributed by atoms with van der Waals surface area (Å²) in [6, 6.07) is 15.0. The second-order valence-corrected chi connectivity index (χ2v) is 7.44. The largest absolute Gasteiger partial charge is 0.328 e. The van der Waals surface area contributed by atoms with E-state index in [2.05, 4.69) is 28.0 Å². The van der Waals surface area contributed by atoms with Crippen LogP contribution < -0.4 is 27.4 Å². The third-order valence-corrected chi connectivity index (χ3v) is 5.09. The minimum atomic E-state index is -1.34. The molecule has 0 spiro atoms. The molecule has 0 bridgehead atoms. The average molecular weight is 422 g/mol. The van der Waals surface area contributed by atoms with Crippen LogP contribution in [0.4, 0.5) is 5.69 Å². The maximum Gasteiger partial charge on any atom is 0.280 e. The minimum absolute atomic E-state index is 0.327. The Morgan fingerprint density at radius 1 is 0.935 bits per heavy atom. The predicted octanol–water partition coefficient (Wildman–Crippen LogP) is 1.86. The van der Waals surface area contributed by atoms with E-state index >= 15 is 0 Å². The summed E-state index contributed by atoms with van der Waals surface area (Å²) in [6.45, 7) is 0. The summed E-state index contributed by atoms with van der Waals surface area (Å²) in [5.74, 6) is 4.73. The summed E-state index contributed by atoms with van der Waals surface area (Å²) < 4.78 is 0. The van der Waals surface area contributed by atoms with Crippen molar-refractivity contribution in [1.29, 1.82) is 0 Å². The van der Waals surface area contributed by atoms with Gasteiger partial charge in [-0.1, -0.05) is 31.1 Å². The number of anilines is 1. The third-order valence-electron chi connectivity index (χ3n) is 5.09. The molecule has 0 heterocycles. The quantitative estimate of drug-likeness (QED) is 0.183. The molecule has 0 saturated heterocycles. The number of hydrogen-bond donors (Lipinski definition) is 6. The molecule has 8 nitrogen and oxygen atoms in total. The van der Waals surface area contributed by atoms with E-state index in [0.29, 0.717) is 11.6 Å². The fourth-order valence-corrected chi connectivity index (χ4v) is 3.28. The maximum absolute atomic E-state index is 12.1. The van der Waals surface area contributed by atoms with E-state index in [0.717, 1.165) is 16.8 Å².